The van der Waals surface area contributed by atoms with Crippen LogP contribution < -0.4 is 0 Å². The molecule has 82 valence electrons. The minimum atomic E-state index is 1.11. The molecule has 0 amide bonds. The number of nitrogens with one attached hydrogen (secondary N) is 1. The molecule has 3 heteroatoms. The molecule has 4 aromatic rings. The van der Waals surface area contributed by atoms with Gasteiger partial charge in [0.2, 0.25) is 0 Å². The molecule has 0 fully saturated rings. The van der Waals surface area contributed by atoms with Gasteiger partial charge in [-0.05, 0) is 35.0 Å². The molecule has 1 N–H and O–H groups in total. The van der Waals surface area contributed by atoms with Gasteiger partial charge in [0.25, 0.3) is 0 Å². The van der Waals surface area contributed by atoms with Gasteiger partial charge in [0.15, 0.2) is 0 Å². The van der Waals surface area contributed by atoms with Crippen molar-refractivity contribution >= 4 is 64.4 Å². The molecule has 0 spiro atoms. The van der Waals surface area contributed by atoms with E-state index in [2.05, 4.69) is 73.2 Å². The van der Waals surface area contributed by atoms with Crippen molar-refractivity contribution in [2.24, 2.45) is 0 Å². The third-order valence-electron chi connectivity index (χ3n) is 3.23. The highest BCUT2D eigenvalue weighted by Crippen LogP contribution is 2.37. The van der Waals surface area contributed by atoms with Gasteiger partial charge in [-0.3, -0.25) is 0 Å². The molecule has 0 radical (unpaired) electrons. The number of benzene rings is 3. The summed E-state index contributed by atoms with van der Waals surface area (Å²) in [5.74, 6) is 0. The molecule has 17 heavy (non-hydrogen) atoms. The van der Waals surface area contributed by atoms with Crippen LogP contribution in [0.15, 0.2) is 45.3 Å². The fourth-order valence-electron chi connectivity index (χ4n) is 2.60. The molecule has 0 aliphatic rings. The summed E-state index contributed by atoms with van der Waals surface area (Å²) in [6.07, 6.45) is 0. The van der Waals surface area contributed by atoms with Crippen LogP contribution in [0.2, 0.25) is 0 Å². The Labute approximate surface area is 114 Å². The fourth-order valence-corrected chi connectivity index (χ4v) is 3.55. The first-order valence-electron chi connectivity index (χ1n) is 5.35. The Morgan fingerprint density at radius 3 is 1.65 bits per heavy atom. The second-order valence-electron chi connectivity index (χ2n) is 4.29. The van der Waals surface area contributed by atoms with Crippen LogP contribution in [-0.2, 0) is 0 Å². The number of hydrogen-bond donors (Lipinski definition) is 1. The first kappa shape index (κ1) is 9.92. The summed E-state index contributed by atoms with van der Waals surface area (Å²) in [5.41, 5.74) is 2.38. The number of halogens is 2. The third-order valence-corrected chi connectivity index (χ3v) is 4.14. The van der Waals surface area contributed by atoms with E-state index in [4.69, 9.17) is 0 Å². The van der Waals surface area contributed by atoms with Gasteiger partial charge < -0.3 is 4.98 Å². The molecule has 0 atom stereocenters. The van der Waals surface area contributed by atoms with Crippen LogP contribution in [-0.4, -0.2) is 4.98 Å². The summed E-state index contributed by atoms with van der Waals surface area (Å²) >= 11 is 7.11. The van der Waals surface area contributed by atoms with Crippen LogP contribution in [0, 0.1) is 0 Å². The number of H-pyrrole nitrogens is 1. The average molecular weight is 349 g/mol. The molecule has 0 aliphatic heterocycles. The average Bonchev–Trinajstić information content (AvgIpc) is 2.62. The molecule has 0 saturated heterocycles. The van der Waals surface area contributed by atoms with Crippen LogP contribution in [0.4, 0.5) is 0 Å². The topological polar surface area (TPSA) is 15.8 Å². The second-order valence-corrected chi connectivity index (χ2v) is 6.12. The molecule has 1 heterocycles. The molecule has 1 nitrogen and oxygen atoms in total. The van der Waals surface area contributed by atoms with E-state index in [1.54, 1.807) is 0 Å². The van der Waals surface area contributed by atoms with E-state index in [1.165, 1.54) is 32.6 Å². The van der Waals surface area contributed by atoms with Crippen molar-refractivity contribution in [3.05, 3.63) is 45.3 Å². The van der Waals surface area contributed by atoms with Crippen molar-refractivity contribution < 1.29 is 0 Å². The SMILES string of the molecule is Brc1cc2ccc3cc(Br)cc4[nH]c(c1)c2c34. The maximum Gasteiger partial charge on any atom is 0.0482 e. The molecule has 0 aliphatic carbocycles. The summed E-state index contributed by atoms with van der Waals surface area (Å²) < 4.78 is 2.22. The van der Waals surface area contributed by atoms with Gasteiger partial charge in [-0.2, -0.15) is 0 Å². The van der Waals surface area contributed by atoms with Crippen LogP contribution in [0.1, 0.15) is 0 Å². The first-order valence-corrected chi connectivity index (χ1v) is 6.93. The van der Waals surface area contributed by atoms with E-state index < -0.39 is 0 Å². The van der Waals surface area contributed by atoms with Crippen LogP contribution in [0.3, 0.4) is 0 Å². The van der Waals surface area contributed by atoms with Crippen LogP contribution in [0.25, 0.3) is 32.6 Å². The molecular weight excluding hydrogens is 342 g/mol. The third kappa shape index (κ3) is 1.30. The summed E-state index contributed by atoms with van der Waals surface area (Å²) in [6.45, 7) is 0. The van der Waals surface area contributed by atoms with E-state index in [-0.39, 0.29) is 0 Å². The molecule has 0 bridgehead atoms. The monoisotopic (exact) mass is 347 g/mol. The largest absolute Gasteiger partial charge is 0.354 e. The van der Waals surface area contributed by atoms with E-state index in [1.807, 2.05) is 0 Å². The smallest absolute Gasteiger partial charge is 0.0482 e. The number of rotatable bonds is 0. The van der Waals surface area contributed by atoms with Crippen molar-refractivity contribution in [3.63, 3.8) is 0 Å². The molecule has 0 unspecified atom stereocenters. The van der Waals surface area contributed by atoms with Gasteiger partial charge in [-0.15, -0.1) is 0 Å². The van der Waals surface area contributed by atoms with Crippen molar-refractivity contribution in [3.8, 4) is 0 Å². The molecular formula is C14H7Br2N. The zero-order valence-corrected chi connectivity index (χ0v) is 11.9. The fraction of sp³-hybridized carbons (Fsp3) is 0. The highest BCUT2D eigenvalue weighted by molar-refractivity contribution is 9.10. The standard InChI is InChI=1S/C14H7Br2N/c15-9-3-7-1-2-8-4-10(16)6-12-14(8)13(7)11(5-9)17-12/h1-6,17H. The van der Waals surface area contributed by atoms with Gasteiger partial charge in [-0.1, -0.05) is 44.0 Å². The number of aromatic nitrogens is 1. The van der Waals surface area contributed by atoms with Gasteiger partial charge in [0.1, 0.15) is 0 Å². The van der Waals surface area contributed by atoms with Crippen molar-refractivity contribution in [1.82, 2.24) is 4.98 Å². The summed E-state index contributed by atoms with van der Waals surface area (Å²) in [6, 6.07) is 12.9. The maximum absolute atomic E-state index is 3.55. The van der Waals surface area contributed by atoms with Gasteiger partial charge in [0, 0.05) is 30.8 Å². The zero-order chi connectivity index (χ0) is 11.6. The summed E-state index contributed by atoms with van der Waals surface area (Å²) in [4.78, 5) is 3.48. The molecule has 4 rings (SSSR count). The van der Waals surface area contributed by atoms with E-state index >= 15 is 0 Å². The number of hydrogen-bond acceptors (Lipinski definition) is 0. The van der Waals surface area contributed by atoms with Crippen molar-refractivity contribution in [2.45, 2.75) is 0 Å². The minimum Gasteiger partial charge on any atom is -0.354 e. The predicted molar refractivity (Wildman–Crippen MR) is 79.9 cm³/mol. The lowest BCUT2D eigenvalue weighted by Crippen LogP contribution is -1.76. The molecule has 3 aromatic carbocycles. The van der Waals surface area contributed by atoms with Crippen LogP contribution >= 0.6 is 31.9 Å². The van der Waals surface area contributed by atoms with Crippen molar-refractivity contribution in [2.75, 3.05) is 0 Å². The Hall–Kier alpha value is -1.06. The summed E-state index contributed by atoms with van der Waals surface area (Å²) in [7, 11) is 0. The lowest BCUT2D eigenvalue weighted by atomic mass is 10.0. The van der Waals surface area contributed by atoms with Gasteiger partial charge in [-0.25, -0.2) is 0 Å². The minimum absolute atomic E-state index is 1.11. The number of aromatic amines is 1. The van der Waals surface area contributed by atoms with Gasteiger partial charge in [0.05, 0.1) is 0 Å². The zero-order valence-electron chi connectivity index (χ0n) is 8.72. The Morgan fingerprint density at radius 2 is 1.18 bits per heavy atom. The van der Waals surface area contributed by atoms with Crippen molar-refractivity contribution in [1.29, 1.82) is 0 Å². The van der Waals surface area contributed by atoms with E-state index in [0.717, 1.165) is 8.95 Å². The molecule has 1 aromatic heterocycles. The molecule has 0 saturated carbocycles. The Morgan fingerprint density at radius 1 is 0.706 bits per heavy atom. The highest BCUT2D eigenvalue weighted by Gasteiger charge is 2.11. The lowest BCUT2D eigenvalue weighted by Gasteiger charge is -2.02. The van der Waals surface area contributed by atoms with Crippen LogP contribution in [0.5, 0.6) is 0 Å². The lowest BCUT2D eigenvalue weighted by molar-refractivity contribution is 1.54. The Bertz CT molecular complexity index is 790. The summed E-state index contributed by atoms with van der Waals surface area (Å²) in [5, 5.41) is 5.20. The maximum atomic E-state index is 3.55. The highest BCUT2D eigenvalue weighted by atomic mass is 79.9. The Kier molecular flexibility index (Phi) is 1.89. The first-order chi connectivity index (χ1) is 8.22. The van der Waals surface area contributed by atoms with E-state index in [0.29, 0.717) is 0 Å². The Balaban J connectivity index is 2.43. The normalized spacial score (nSPS) is 12.1. The van der Waals surface area contributed by atoms with E-state index in [9.17, 15) is 0 Å². The quantitative estimate of drug-likeness (QED) is 0.407. The predicted octanol–water partition coefficient (Wildman–Crippen LogP) is 5.44. The second kappa shape index (κ2) is 3.24. The van der Waals surface area contributed by atoms with Gasteiger partial charge >= 0.3 is 0 Å².